The summed E-state index contributed by atoms with van der Waals surface area (Å²) in [6, 6.07) is 5.84. The van der Waals surface area contributed by atoms with Crippen molar-refractivity contribution in [1.82, 2.24) is 19.5 Å². The van der Waals surface area contributed by atoms with E-state index in [1.54, 1.807) is 13.4 Å². The molecule has 26 heavy (non-hydrogen) atoms. The number of nitrogens with two attached hydrogens (primary N) is 1. The van der Waals surface area contributed by atoms with Crippen LogP contribution in [0.2, 0.25) is 0 Å². The maximum atomic E-state index is 12.0. The zero-order chi connectivity index (χ0) is 18.3. The van der Waals surface area contributed by atoms with Crippen molar-refractivity contribution in [3.05, 3.63) is 47.7 Å². The summed E-state index contributed by atoms with van der Waals surface area (Å²) in [5.41, 5.74) is 11.1. The van der Waals surface area contributed by atoms with E-state index in [1.807, 2.05) is 35.9 Å². The van der Waals surface area contributed by atoms with Crippen LogP contribution >= 0.6 is 0 Å². The number of rotatable bonds is 3. The van der Waals surface area contributed by atoms with Gasteiger partial charge in [0.05, 0.1) is 42.0 Å². The third-order valence-electron chi connectivity index (χ3n) is 4.42. The molecule has 3 heterocycles. The number of methoxy groups -OCH3 is 1. The molecule has 8 heteroatoms. The van der Waals surface area contributed by atoms with Crippen molar-refractivity contribution in [2.75, 3.05) is 18.6 Å². The molecule has 1 aliphatic heterocycles. The van der Waals surface area contributed by atoms with Crippen LogP contribution in [0.5, 0.6) is 5.75 Å². The second-order valence-corrected chi connectivity index (χ2v) is 7.78. The average molecular weight is 369 g/mol. The van der Waals surface area contributed by atoms with Crippen molar-refractivity contribution in [3.8, 4) is 22.7 Å². The third-order valence-corrected chi connectivity index (χ3v) is 5.70. The average Bonchev–Trinajstić information content (AvgIpc) is 3.07. The number of nitrogen functional groups attached to an aromatic ring is 1. The highest BCUT2D eigenvalue weighted by atomic mass is 32.2. The van der Waals surface area contributed by atoms with Crippen LogP contribution in [-0.4, -0.2) is 36.6 Å². The largest absolute Gasteiger partial charge is 0.495 e. The van der Waals surface area contributed by atoms with E-state index >= 15 is 0 Å². The predicted molar refractivity (Wildman–Crippen MR) is 101 cm³/mol. The van der Waals surface area contributed by atoms with Gasteiger partial charge in [-0.2, -0.15) is 0 Å². The van der Waals surface area contributed by atoms with E-state index in [0.29, 0.717) is 23.7 Å². The van der Waals surface area contributed by atoms with Crippen molar-refractivity contribution < 1.29 is 8.95 Å². The quantitative estimate of drug-likeness (QED) is 0.759. The standard InChI is InChI=1S/C18H19N5O2S/c1-11-8-23(10-20-11)15-4-3-12(7-16(15)25-2)17-13-9-26(24)6-5-14(13)21-18(19)22-17/h3-4,7-8,10H,5-6,9H2,1-2H3,(H2,19,21,22). The number of aromatic nitrogens is 4. The summed E-state index contributed by atoms with van der Waals surface area (Å²) in [6.45, 7) is 1.94. The first-order valence-corrected chi connectivity index (χ1v) is 9.73. The molecule has 1 aromatic carbocycles. The SMILES string of the molecule is COc1cc(-c2nc(N)nc3c2CS(=O)CC3)ccc1-n1cnc(C)c1. The number of aryl methyl sites for hydroxylation is 2. The first-order valence-electron chi connectivity index (χ1n) is 8.25. The Morgan fingerprint density at radius 3 is 2.88 bits per heavy atom. The number of benzene rings is 1. The van der Waals surface area contributed by atoms with E-state index in [4.69, 9.17) is 10.5 Å². The smallest absolute Gasteiger partial charge is 0.220 e. The summed E-state index contributed by atoms with van der Waals surface area (Å²) < 4.78 is 19.5. The monoisotopic (exact) mass is 369 g/mol. The Kier molecular flexibility index (Phi) is 4.20. The second-order valence-electron chi connectivity index (χ2n) is 6.20. The fraction of sp³-hybridized carbons (Fsp3) is 0.278. The van der Waals surface area contributed by atoms with Crippen molar-refractivity contribution in [2.24, 2.45) is 0 Å². The highest BCUT2D eigenvalue weighted by molar-refractivity contribution is 7.84. The number of hydrogen-bond acceptors (Lipinski definition) is 6. The Labute approximate surface area is 153 Å². The first-order chi connectivity index (χ1) is 12.5. The molecule has 0 bridgehead atoms. The fourth-order valence-corrected chi connectivity index (χ4v) is 4.37. The van der Waals surface area contributed by atoms with Crippen molar-refractivity contribution in [2.45, 2.75) is 19.1 Å². The van der Waals surface area contributed by atoms with Crippen molar-refractivity contribution in [1.29, 1.82) is 0 Å². The molecule has 134 valence electrons. The van der Waals surface area contributed by atoms with Crippen LogP contribution in [0.1, 0.15) is 17.0 Å². The van der Waals surface area contributed by atoms with Gasteiger partial charge in [0.15, 0.2) is 0 Å². The lowest BCUT2D eigenvalue weighted by Crippen LogP contribution is -2.18. The van der Waals surface area contributed by atoms with Gasteiger partial charge in [-0.3, -0.25) is 4.21 Å². The lowest BCUT2D eigenvalue weighted by Gasteiger charge is -2.19. The molecule has 0 saturated carbocycles. The first kappa shape index (κ1) is 16.7. The molecule has 7 nitrogen and oxygen atoms in total. The minimum Gasteiger partial charge on any atom is -0.495 e. The molecule has 3 aromatic rings. The van der Waals surface area contributed by atoms with Gasteiger partial charge in [-0.05, 0) is 19.1 Å². The lowest BCUT2D eigenvalue weighted by atomic mass is 10.0. The Balaban J connectivity index is 1.84. The molecule has 1 unspecified atom stereocenters. The second kappa shape index (κ2) is 6.53. The van der Waals surface area contributed by atoms with Gasteiger partial charge in [0.25, 0.3) is 0 Å². The summed E-state index contributed by atoms with van der Waals surface area (Å²) in [7, 11) is 0.735. The van der Waals surface area contributed by atoms with Gasteiger partial charge in [-0.25, -0.2) is 15.0 Å². The Morgan fingerprint density at radius 1 is 1.31 bits per heavy atom. The van der Waals surface area contributed by atoms with E-state index < -0.39 is 10.8 Å². The predicted octanol–water partition coefficient (Wildman–Crippen LogP) is 2.03. The Hall–Kier alpha value is -2.74. The Bertz CT molecular complexity index is 1010. The minimum atomic E-state index is -0.895. The molecule has 1 atom stereocenters. The zero-order valence-corrected chi connectivity index (χ0v) is 15.4. The maximum absolute atomic E-state index is 12.0. The number of imidazole rings is 1. The lowest BCUT2D eigenvalue weighted by molar-refractivity contribution is 0.413. The highest BCUT2D eigenvalue weighted by Crippen LogP contribution is 2.33. The molecule has 0 spiro atoms. The van der Waals surface area contributed by atoms with Crippen LogP contribution in [0.4, 0.5) is 5.95 Å². The number of hydrogen-bond donors (Lipinski definition) is 1. The van der Waals surface area contributed by atoms with Crippen LogP contribution in [0.15, 0.2) is 30.7 Å². The van der Waals surface area contributed by atoms with E-state index in [1.165, 1.54) is 0 Å². The van der Waals surface area contributed by atoms with Crippen LogP contribution < -0.4 is 10.5 Å². The highest BCUT2D eigenvalue weighted by Gasteiger charge is 2.22. The number of anilines is 1. The van der Waals surface area contributed by atoms with Gasteiger partial charge >= 0.3 is 0 Å². The molecule has 0 amide bonds. The van der Waals surface area contributed by atoms with Gasteiger partial charge in [-0.1, -0.05) is 6.07 Å². The van der Waals surface area contributed by atoms with E-state index in [0.717, 1.165) is 33.9 Å². The molecule has 0 saturated heterocycles. The minimum absolute atomic E-state index is 0.236. The van der Waals surface area contributed by atoms with Gasteiger partial charge in [0.1, 0.15) is 5.75 Å². The summed E-state index contributed by atoms with van der Waals surface area (Å²) in [4.78, 5) is 13.0. The molecule has 2 aromatic heterocycles. The molecular weight excluding hydrogens is 350 g/mol. The molecule has 2 N–H and O–H groups in total. The normalized spacial score (nSPS) is 16.3. The zero-order valence-electron chi connectivity index (χ0n) is 14.6. The molecular formula is C18H19N5O2S. The number of fused-ring (bicyclic) bond motifs is 1. The number of nitrogens with zero attached hydrogens (tertiary/aromatic N) is 4. The van der Waals surface area contributed by atoms with Crippen LogP contribution in [0, 0.1) is 6.92 Å². The third kappa shape index (κ3) is 2.96. The van der Waals surface area contributed by atoms with Crippen LogP contribution in [0.3, 0.4) is 0 Å². The van der Waals surface area contributed by atoms with Gasteiger partial charge in [-0.15, -0.1) is 0 Å². The molecule has 0 aliphatic carbocycles. The van der Waals surface area contributed by atoms with Crippen molar-refractivity contribution >= 4 is 16.7 Å². The molecule has 4 rings (SSSR count). The van der Waals surface area contributed by atoms with E-state index in [-0.39, 0.29) is 5.95 Å². The van der Waals surface area contributed by atoms with Gasteiger partial charge in [0.2, 0.25) is 5.95 Å². The van der Waals surface area contributed by atoms with E-state index in [9.17, 15) is 4.21 Å². The van der Waals surface area contributed by atoms with Crippen molar-refractivity contribution in [3.63, 3.8) is 0 Å². The van der Waals surface area contributed by atoms with Crippen LogP contribution in [-0.2, 0) is 23.0 Å². The fourth-order valence-electron chi connectivity index (χ4n) is 3.18. The van der Waals surface area contributed by atoms with Gasteiger partial charge in [0, 0.05) is 40.3 Å². The summed E-state index contributed by atoms with van der Waals surface area (Å²) in [5, 5.41) is 0. The molecule has 0 fully saturated rings. The molecule has 0 radical (unpaired) electrons. The van der Waals surface area contributed by atoms with Gasteiger partial charge < -0.3 is 15.0 Å². The Morgan fingerprint density at radius 2 is 2.15 bits per heavy atom. The maximum Gasteiger partial charge on any atom is 0.220 e. The molecule has 1 aliphatic rings. The topological polar surface area (TPSA) is 95.9 Å². The summed E-state index contributed by atoms with van der Waals surface area (Å²) in [6.07, 6.45) is 4.34. The van der Waals surface area contributed by atoms with Crippen LogP contribution in [0.25, 0.3) is 16.9 Å². The summed E-state index contributed by atoms with van der Waals surface area (Å²) >= 11 is 0. The van der Waals surface area contributed by atoms with E-state index in [2.05, 4.69) is 15.0 Å². The summed E-state index contributed by atoms with van der Waals surface area (Å²) in [5.74, 6) is 2.00. The number of ether oxygens (including phenoxy) is 1.